The van der Waals surface area contributed by atoms with Crippen molar-refractivity contribution in [2.24, 2.45) is 0 Å². The molecule has 2 aromatic heterocycles. The third-order valence-electron chi connectivity index (χ3n) is 4.15. The van der Waals surface area contributed by atoms with Gasteiger partial charge in [-0.15, -0.1) is 0 Å². The first kappa shape index (κ1) is 15.2. The summed E-state index contributed by atoms with van der Waals surface area (Å²) in [5.41, 5.74) is 7.25. The van der Waals surface area contributed by atoms with E-state index in [0.717, 1.165) is 12.4 Å². The first-order valence-electron chi connectivity index (χ1n) is 7.53. The summed E-state index contributed by atoms with van der Waals surface area (Å²) < 4.78 is 0. The van der Waals surface area contributed by atoms with E-state index in [2.05, 4.69) is 43.6 Å². The zero-order valence-electron chi connectivity index (χ0n) is 13.2. The van der Waals surface area contributed by atoms with Gasteiger partial charge in [0.1, 0.15) is 0 Å². The molecule has 1 fully saturated rings. The van der Waals surface area contributed by atoms with Crippen molar-refractivity contribution in [3.63, 3.8) is 0 Å². The molecule has 3 heterocycles. The summed E-state index contributed by atoms with van der Waals surface area (Å²) in [5.74, 6) is 1.64. The molecule has 0 amide bonds. The lowest BCUT2D eigenvalue weighted by Gasteiger charge is -2.29. The summed E-state index contributed by atoms with van der Waals surface area (Å²) in [6.07, 6.45) is 2.38. The van der Waals surface area contributed by atoms with Crippen LogP contribution in [0.15, 0.2) is 16.8 Å². The molecular weight excluding hydrogens is 296 g/mol. The van der Waals surface area contributed by atoms with Gasteiger partial charge < -0.3 is 10.6 Å². The zero-order valence-corrected chi connectivity index (χ0v) is 14.0. The number of hydrogen-bond acceptors (Lipinski definition) is 7. The van der Waals surface area contributed by atoms with Gasteiger partial charge in [0, 0.05) is 20.1 Å². The van der Waals surface area contributed by atoms with E-state index >= 15 is 0 Å². The van der Waals surface area contributed by atoms with Gasteiger partial charge in [0.15, 0.2) is 5.82 Å². The predicted molar refractivity (Wildman–Crippen MR) is 90.0 cm³/mol. The lowest BCUT2D eigenvalue weighted by atomic mass is 10.1. The molecule has 0 aromatic carbocycles. The smallest absolute Gasteiger partial charge is 0.229 e. The van der Waals surface area contributed by atoms with Gasteiger partial charge in [-0.1, -0.05) is 0 Å². The number of nitrogens with two attached hydrogens (primary N) is 1. The molecule has 7 heteroatoms. The molecular formula is C15H22N6S. The molecule has 1 aliphatic rings. The Morgan fingerprint density at radius 1 is 1.36 bits per heavy atom. The maximum atomic E-state index is 5.86. The number of nitrogen functional groups attached to an aromatic ring is 1. The summed E-state index contributed by atoms with van der Waals surface area (Å²) in [4.78, 5) is 17.4. The molecule has 2 atom stereocenters. The van der Waals surface area contributed by atoms with Crippen molar-refractivity contribution in [2.75, 3.05) is 31.3 Å². The standard InChI is InChI=1S/C15H22N6S/c1-10(13-17-14(16)19-15(18-13)20(2)3)21-7-4-5-12(21)11-6-8-22-9-11/h6,8-10,12H,4-5,7H2,1-3H3,(H2,16,17,18,19)/t10-,12-/m0/s1. The number of nitrogens with zero attached hydrogens (tertiary/aromatic N) is 5. The number of thiophene rings is 1. The monoisotopic (exact) mass is 318 g/mol. The van der Waals surface area contributed by atoms with Crippen LogP contribution in [0.1, 0.15) is 43.2 Å². The summed E-state index contributed by atoms with van der Waals surface area (Å²) in [7, 11) is 3.82. The highest BCUT2D eigenvalue weighted by atomic mass is 32.1. The molecule has 0 saturated carbocycles. The molecule has 3 rings (SSSR count). The average Bonchev–Trinajstić information content (AvgIpc) is 3.16. The van der Waals surface area contributed by atoms with Crippen molar-refractivity contribution in [3.05, 3.63) is 28.2 Å². The van der Waals surface area contributed by atoms with E-state index in [9.17, 15) is 0 Å². The van der Waals surface area contributed by atoms with Crippen molar-refractivity contribution >= 4 is 23.2 Å². The van der Waals surface area contributed by atoms with Gasteiger partial charge in [-0.25, -0.2) is 0 Å². The molecule has 2 N–H and O–H groups in total. The maximum Gasteiger partial charge on any atom is 0.229 e. The van der Waals surface area contributed by atoms with Crippen molar-refractivity contribution in [1.82, 2.24) is 19.9 Å². The van der Waals surface area contributed by atoms with E-state index in [1.807, 2.05) is 19.0 Å². The SMILES string of the molecule is C[C@@H](c1nc(N)nc(N(C)C)n1)N1CCC[C@H]1c1ccsc1. The third kappa shape index (κ3) is 2.91. The van der Waals surface area contributed by atoms with Crippen LogP contribution in [0.5, 0.6) is 0 Å². The molecule has 2 aromatic rings. The van der Waals surface area contributed by atoms with Crippen molar-refractivity contribution in [2.45, 2.75) is 31.8 Å². The topological polar surface area (TPSA) is 71.2 Å². The first-order valence-corrected chi connectivity index (χ1v) is 8.47. The van der Waals surface area contributed by atoms with Crippen LogP contribution in [-0.2, 0) is 0 Å². The lowest BCUT2D eigenvalue weighted by Crippen LogP contribution is -2.29. The Kier molecular flexibility index (Phi) is 4.26. The number of hydrogen-bond donors (Lipinski definition) is 1. The second-order valence-corrected chi connectivity index (χ2v) is 6.65. The fraction of sp³-hybridized carbons (Fsp3) is 0.533. The average molecular weight is 318 g/mol. The van der Waals surface area contributed by atoms with Gasteiger partial charge in [-0.2, -0.15) is 26.3 Å². The minimum absolute atomic E-state index is 0.122. The van der Waals surface area contributed by atoms with Crippen LogP contribution in [0.2, 0.25) is 0 Å². The Morgan fingerprint density at radius 3 is 2.86 bits per heavy atom. The van der Waals surface area contributed by atoms with Crippen LogP contribution < -0.4 is 10.6 Å². The molecule has 0 radical (unpaired) electrons. The van der Waals surface area contributed by atoms with E-state index < -0.39 is 0 Å². The van der Waals surface area contributed by atoms with E-state index in [0.29, 0.717) is 12.0 Å². The normalized spacial score (nSPS) is 20.2. The fourth-order valence-electron chi connectivity index (χ4n) is 3.01. The molecule has 0 unspecified atom stereocenters. The molecule has 22 heavy (non-hydrogen) atoms. The van der Waals surface area contributed by atoms with Crippen molar-refractivity contribution in [3.8, 4) is 0 Å². The highest BCUT2D eigenvalue weighted by molar-refractivity contribution is 7.07. The quantitative estimate of drug-likeness (QED) is 0.934. The van der Waals surface area contributed by atoms with Crippen LogP contribution in [0.25, 0.3) is 0 Å². The van der Waals surface area contributed by atoms with Crippen LogP contribution >= 0.6 is 11.3 Å². The Morgan fingerprint density at radius 2 is 2.18 bits per heavy atom. The van der Waals surface area contributed by atoms with Gasteiger partial charge in [0.2, 0.25) is 11.9 Å². The summed E-state index contributed by atoms with van der Waals surface area (Å²) in [6, 6.07) is 2.78. The second-order valence-electron chi connectivity index (χ2n) is 5.87. The van der Waals surface area contributed by atoms with Crippen molar-refractivity contribution in [1.29, 1.82) is 0 Å². The van der Waals surface area contributed by atoms with E-state index in [1.165, 1.54) is 18.4 Å². The summed E-state index contributed by atoms with van der Waals surface area (Å²) in [5, 5.41) is 4.38. The Labute approximate surface area is 135 Å². The third-order valence-corrected chi connectivity index (χ3v) is 4.85. The molecule has 118 valence electrons. The molecule has 6 nitrogen and oxygen atoms in total. The van der Waals surface area contributed by atoms with Crippen molar-refractivity contribution < 1.29 is 0 Å². The molecule has 1 saturated heterocycles. The summed E-state index contributed by atoms with van der Waals surface area (Å²) >= 11 is 1.75. The largest absolute Gasteiger partial charge is 0.368 e. The Bertz CT molecular complexity index is 627. The van der Waals surface area contributed by atoms with Gasteiger partial charge in [0.25, 0.3) is 0 Å². The molecule has 0 aliphatic carbocycles. The highest BCUT2D eigenvalue weighted by Crippen LogP contribution is 2.38. The lowest BCUT2D eigenvalue weighted by molar-refractivity contribution is 0.187. The first-order chi connectivity index (χ1) is 10.6. The van der Waals surface area contributed by atoms with Gasteiger partial charge in [-0.05, 0) is 48.7 Å². The van der Waals surface area contributed by atoms with Gasteiger partial charge >= 0.3 is 0 Å². The number of likely N-dealkylation sites (tertiary alicyclic amines) is 1. The highest BCUT2D eigenvalue weighted by Gasteiger charge is 2.32. The zero-order chi connectivity index (χ0) is 15.7. The Hall–Kier alpha value is -1.73. The maximum absolute atomic E-state index is 5.86. The number of aromatic nitrogens is 3. The second kappa shape index (κ2) is 6.18. The van der Waals surface area contributed by atoms with Crippen LogP contribution in [-0.4, -0.2) is 40.5 Å². The van der Waals surface area contributed by atoms with E-state index in [1.54, 1.807) is 11.3 Å². The van der Waals surface area contributed by atoms with Crippen LogP contribution in [0.4, 0.5) is 11.9 Å². The van der Waals surface area contributed by atoms with Gasteiger partial charge in [0.05, 0.1) is 6.04 Å². The van der Waals surface area contributed by atoms with Gasteiger partial charge in [-0.3, -0.25) is 4.90 Å². The molecule has 0 spiro atoms. The van der Waals surface area contributed by atoms with Crippen LogP contribution in [0.3, 0.4) is 0 Å². The van der Waals surface area contributed by atoms with E-state index in [4.69, 9.17) is 5.73 Å². The Balaban J connectivity index is 1.88. The predicted octanol–water partition coefficient (Wildman–Crippen LogP) is 2.48. The minimum atomic E-state index is 0.122. The van der Waals surface area contributed by atoms with Crippen LogP contribution in [0, 0.1) is 0 Å². The molecule has 1 aliphatic heterocycles. The number of rotatable bonds is 4. The summed E-state index contributed by atoms with van der Waals surface area (Å²) in [6.45, 7) is 3.21. The number of anilines is 2. The molecule has 0 bridgehead atoms. The fourth-order valence-corrected chi connectivity index (χ4v) is 3.71. The minimum Gasteiger partial charge on any atom is -0.368 e. The van der Waals surface area contributed by atoms with E-state index in [-0.39, 0.29) is 12.0 Å².